The number of halogens is 1. The minimum absolute atomic E-state index is 0.198. The zero-order valence-electron chi connectivity index (χ0n) is 11.3. The number of rotatable bonds is 4. The van der Waals surface area contributed by atoms with E-state index in [0.717, 1.165) is 41.9 Å². The highest BCUT2D eigenvalue weighted by atomic mass is 35.5. The van der Waals surface area contributed by atoms with Gasteiger partial charge in [0.2, 0.25) is 0 Å². The van der Waals surface area contributed by atoms with E-state index in [9.17, 15) is 8.42 Å². The van der Waals surface area contributed by atoms with E-state index in [1.54, 1.807) is 24.3 Å². The van der Waals surface area contributed by atoms with Crippen molar-refractivity contribution in [2.45, 2.75) is 37.5 Å². The summed E-state index contributed by atoms with van der Waals surface area (Å²) >= 11 is 6.08. The predicted molar refractivity (Wildman–Crippen MR) is 81.3 cm³/mol. The van der Waals surface area contributed by atoms with Gasteiger partial charge in [-0.3, -0.25) is 0 Å². The topological polar surface area (TPSA) is 58.5 Å². The van der Waals surface area contributed by atoms with Crippen LogP contribution in [0.25, 0.3) is 0 Å². The van der Waals surface area contributed by atoms with Crippen LogP contribution in [0.4, 0.5) is 0 Å². The molecule has 0 unspecified atom stereocenters. The lowest BCUT2D eigenvalue weighted by Gasteiger charge is -2.12. The average Bonchev–Trinajstić information content (AvgIpc) is 2.41. The van der Waals surface area contributed by atoms with Gasteiger partial charge in [-0.1, -0.05) is 29.3 Å². The number of benzene rings is 1. The van der Waals surface area contributed by atoms with Gasteiger partial charge in [0.05, 0.1) is 11.1 Å². The van der Waals surface area contributed by atoms with Crippen molar-refractivity contribution in [3.05, 3.63) is 40.4 Å². The molecule has 0 fully saturated rings. The highest BCUT2D eigenvalue weighted by molar-refractivity contribution is 7.89. The normalized spacial score (nSPS) is 16.7. The van der Waals surface area contributed by atoms with Crippen molar-refractivity contribution >= 4 is 27.8 Å². The van der Waals surface area contributed by atoms with Gasteiger partial charge in [0, 0.05) is 5.03 Å². The molecule has 0 radical (unpaired) electrons. The van der Waals surface area contributed by atoms with E-state index in [-0.39, 0.29) is 4.90 Å². The zero-order valence-corrected chi connectivity index (χ0v) is 12.8. The summed E-state index contributed by atoms with van der Waals surface area (Å²) in [5, 5.41) is 4.58. The standard InChI is InChI=1S/C14H17ClN2O2S/c1-11-6-8-13(9-7-11)20(18,19)17-16-10-12-4-2-3-5-14(12)15/h6-10,17H,2-5H2,1H3. The fourth-order valence-electron chi connectivity index (χ4n) is 1.97. The molecule has 1 aromatic rings. The lowest BCUT2D eigenvalue weighted by Crippen LogP contribution is -2.18. The van der Waals surface area contributed by atoms with Crippen LogP contribution in [0, 0.1) is 6.92 Å². The van der Waals surface area contributed by atoms with E-state index < -0.39 is 10.0 Å². The Morgan fingerprint density at radius 2 is 1.85 bits per heavy atom. The Hall–Kier alpha value is -1.33. The maximum Gasteiger partial charge on any atom is 0.276 e. The van der Waals surface area contributed by atoms with Crippen molar-refractivity contribution in [2.24, 2.45) is 5.10 Å². The molecule has 4 nitrogen and oxygen atoms in total. The van der Waals surface area contributed by atoms with Gasteiger partial charge in [-0.2, -0.15) is 13.5 Å². The highest BCUT2D eigenvalue weighted by Crippen LogP contribution is 2.26. The van der Waals surface area contributed by atoms with Gasteiger partial charge in [-0.15, -0.1) is 0 Å². The van der Waals surface area contributed by atoms with Crippen LogP contribution in [0.5, 0.6) is 0 Å². The Balaban J connectivity index is 2.08. The second kappa shape index (κ2) is 6.41. The van der Waals surface area contributed by atoms with Crippen LogP contribution in [0.1, 0.15) is 31.2 Å². The quantitative estimate of drug-likeness (QED) is 0.685. The van der Waals surface area contributed by atoms with Crippen molar-refractivity contribution in [1.29, 1.82) is 0 Å². The van der Waals surface area contributed by atoms with E-state index in [1.165, 1.54) is 6.21 Å². The third-order valence-electron chi connectivity index (χ3n) is 3.17. The van der Waals surface area contributed by atoms with Gasteiger partial charge in [0.1, 0.15) is 0 Å². The minimum atomic E-state index is -3.61. The summed E-state index contributed by atoms with van der Waals surface area (Å²) in [6, 6.07) is 6.61. The molecular weight excluding hydrogens is 296 g/mol. The van der Waals surface area contributed by atoms with E-state index in [0.29, 0.717) is 0 Å². The van der Waals surface area contributed by atoms with Crippen molar-refractivity contribution in [1.82, 2.24) is 4.83 Å². The highest BCUT2D eigenvalue weighted by Gasteiger charge is 2.13. The van der Waals surface area contributed by atoms with Gasteiger partial charge in [0.15, 0.2) is 0 Å². The number of hydrogen-bond acceptors (Lipinski definition) is 3. The molecule has 1 aliphatic carbocycles. The Morgan fingerprint density at radius 1 is 1.20 bits per heavy atom. The van der Waals surface area contributed by atoms with Gasteiger partial charge >= 0.3 is 0 Å². The maximum atomic E-state index is 12.0. The van der Waals surface area contributed by atoms with Crippen LogP contribution in [0.15, 0.2) is 44.9 Å². The van der Waals surface area contributed by atoms with Gasteiger partial charge in [-0.05, 0) is 50.3 Å². The molecule has 1 aromatic carbocycles. The molecule has 1 N–H and O–H groups in total. The molecule has 0 spiro atoms. The molecule has 0 bridgehead atoms. The molecule has 0 aromatic heterocycles. The summed E-state index contributed by atoms with van der Waals surface area (Å²) in [6.45, 7) is 1.90. The van der Waals surface area contributed by atoms with Crippen LogP contribution in [0.2, 0.25) is 0 Å². The second-order valence-electron chi connectivity index (χ2n) is 4.80. The second-order valence-corrected chi connectivity index (χ2v) is 6.92. The summed E-state index contributed by atoms with van der Waals surface area (Å²) in [4.78, 5) is 2.41. The van der Waals surface area contributed by atoms with Crippen LogP contribution in [-0.4, -0.2) is 14.6 Å². The van der Waals surface area contributed by atoms with Crippen molar-refractivity contribution < 1.29 is 8.42 Å². The first-order valence-corrected chi connectivity index (χ1v) is 8.34. The summed E-state index contributed by atoms with van der Waals surface area (Å²) in [5.74, 6) is 0. The smallest absolute Gasteiger partial charge is 0.200 e. The SMILES string of the molecule is Cc1ccc(S(=O)(=O)NN=CC2=C(Cl)CCCC2)cc1. The average molecular weight is 313 g/mol. The number of sulfonamides is 1. The molecule has 0 saturated carbocycles. The molecular formula is C14H17ClN2O2S. The Labute approximate surface area is 124 Å². The fourth-order valence-corrected chi connectivity index (χ4v) is 3.04. The largest absolute Gasteiger partial charge is 0.276 e. The summed E-state index contributed by atoms with van der Waals surface area (Å²) in [5.41, 5.74) is 1.91. The van der Waals surface area contributed by atoms with Gasteiger partial charge < -0.3 is 0 Å². The molecule has 0 amide bonds. The zero-order chi connectivity index (χ0) is 14.6. The number of nitrogens with zero attached hydrogens (tertiary/aromatic N) is 1. The summed E-state index contributed by atoms with van der Waals surface area (Å²) in [6.07, 6.45) is 5.32. The summed E-state index contributed by atoms with van der Waals surface area (Å²) < 4.78 is 24.0. The Kier molecular flexibility index (Phi) is 4.83. The number of allylic oxidation sites excluding steroid dienone is 2. The predicted octanol–water partition coefficient (Wildman–Crippen LogP) is 3.33. The third-order valence-corrected chi connectivity index (χ3v) is 4.84. The van der Waals surface area contributed by atoms with Crippen LogP contribution in [-0.2, 0) is 10.0 Å². The number of aryl methyl sites for hydroxylation is 1. The Bertz CT molecular complexity index is 634. The van der Waals surface area contributed by atoms with Crippen LogP contribution < -0.4 is 4.83 Å². The van der Waals surface area contributed by atoms with Gasteiger partial charge in [0.25, 0.3) is 10.0 Å². The summed E-state index contributed by atoms with van der Waals surface area (Å²) in [7, 11) is -3.61. The maximum absolute atomic E-state index is 12.0. The molecule has 0 saturated heterocycles. The first kappa shape index (κ1) is 15.1. The molecule has 2 rings (SSSR count). The van der Waals surface area contributed by atoms with E-state index in [1.807, 2.05) is 6.92 Å². The first-order valence-electron chi connectivity index (χ1n) is 6.48. The molecule has 6 heteroatoms. The third kappa shape index (κ3) is 3.84. The van der Waals surface area contributed by atoms with Crippen molar-refractivity contribution in [3.8, 4) is 0 Å². The van der Waals surface area contributed by atoms with Crippen LogP contribution in [0.3, 0.4) is 0 Å². The molecule has 0 aliphatic heterocycles. The van der Waals surface area contributed by atoms with Crippen LogP contribution >= 0.6 is 11.6 Å². The lowest BCUT2D eigenvalue weighted by molar-refractivity contribution is 0.584. The van der Waals surface area contributed by atoms with E-state index >= 15 is 0 Å². The molecule has 0 atom stereocenters. The van der Waals surface area contributed by atoms with Crippen molar-refractivity contribution in [3.63, 3.8) is 0 Å². The molecule has 108 valence electrons. The molecule has 20 heavy (non-hydrogen) atoms. The van der Waals surface area contributed by atoms with E-state index in [2.05, 4.69) is 9.93 Å². The minimum Gasteiger partial charge on any atom is -0.200 e. The number of hydrazone groups is 1. The Morgan fingerprint density at radius 3 is 2.50 bits per heavy atom. The molecule has 1 aliphatic rings. The number of hydrogen-bond donors (Lipinski definition) is 1. The lowest BCUT2D eigenvalue weighted by atomic mass is 10.0. The molecule has 0 heterocycles. The number of nitrogens with one attached hydrogen (secondary N) is 1. The first-order chi connectivity index (χ1) is 9.49. The van der Waals surface area contributed by atoms with Gasteiger partial charge in [-0.25, -0.2) is 4.83 Å². The van der Waals surface area contributed by atoms with Crippen molar-refractivity contribution in [2.75, 3.05) is 0 Å². The monoisotopic (exact) mass is 312 g/mol. The van der Waals surface area contributed by atoms with E-state index in [4.69, 9.17) is 11.6 Å². The fraction of sp³-hybridized carbons (Fsp3) is 0.357.